The molecule has 2 N–H and O–H groups in total. The molecular formula is C15H19NO2. The molecule has 0 bridgehead atoms. The molecule has 0 saturated heterocycles. The Morgan fingerprint density at radius 1 is 1.28 bits per heavy atom. The molecule has 2 rings (SSSR count). The zero-order valence-electron chi connectivity index (χ0n) is 10.4. The van der Waals surface area contributed by atoms with Gasteiger partial charge in [0.1, 0.15) is 6.10 Å². The topological polar surface area (TPSA) is 49.3 Å². The van der Waals surface area contributed by atoms with Gasteiger partial charge in [-0.25, -0.2) is 0 Å². The number of carbonyl (C=O) groups is 1. The van der Waals surface area contributed by atoms with Gasteiger partial charge in [0, 0.05) is 12.1 Å². The Labute approximate surface area is 108 Å². The van der Waals surface area contributed by atoms with Crippen molar-refractivity contribution in [2.45, 2.75) is 38.2 Å². The van der Waals surface area contributed by atoms with Gasteiger partial charge in [0.05, 0.1) is 0 Å². The van der Waals surface area contributed by atoms with Gasteiger partial charge in [-0.1, -0.05) is 29.8 Å². The number of rotatable bonds is 4. The van der Waals surface area contributed by atoms with E-state index in [9.17, 15) is 9.90 Å². The van der Waals surface area contributed by atoms with E-state index < -0.39 is 6.10 Å². The lowest BCUT2D eigenvalue weighted by Crippen LogP contribution is -2.28. The minimum atomic E-state index is -0.949. The van der Waals surface area contributed by atoms with Crippen molar-refractivity contribution in [3.63, 3.8) is 0 Å². The number of carbonyl (C=O) groups excluding carboxylic acids is 1. The van der Waals surface area contributed by atoms with Crippen LogP contribution >= 0.6 is 0 Å². The molecular weight excluding hydrogens is 226 g/mol. The molecule has 1 aromatic rings. The molecule has 0 saturated carbocycles. The van der Waals surface area contributed by atoms with Crippen LogP contribution in [0.15, 0.2) is 42.0 Å². The molecule has 0 aromatic heterocycles. The van der Waals surface area contributed by atoms with Crippen LogP contribution in [0.2, 0.25) is 0 Å². The van der Waals surface area contributed by atoms with Crippen molar-refractivity contribution in [1.29, 1.82) is 0 Å². The molecule has 0 fully saturated rings. The van der Waals surface area contributed by atoms with Gasteiger partial charge in [0.15, 0.2) is 0 Å². The summed E-state index contributed by atoms with van der Waals surface area (Å²) < 4.78 is 0. The molecule has 0 spiro atoms. The largest absolute Gasteiger partial charge is 0.383 e. The standard InChI is InChI=1S/C15H19NO2/c17-14(11-12-7-3-1-4-8-12)15(18)16-13-9-5-2-6-10-13/h2,5-7,9-10,14,17H,1,3-4,8,11H2,(H,16,18)/t14-/m0/s1. The Bertz CT molecular complexity index is 425. The summed E-state index contributed by atoms with van der Waals surface area (Å²) in [6.07, 6.45) is 6.13. The first-order valence-corrected chi connectivity index (χ1v) is 6.47. The zero-order valence-corrected chi connectivity index (χ0v) is 10.4. The number of para-hydroxylation sites is 1. The van der Waals surface area contributed by atoms with Gasteiger partial charge in [0.2, 0.25) is 0 Å². The van der Waals surface area contributed by atoms with Crippen LogP contribution in [0.25, 0.3) is 0 Å². The average molecular weight is 245 g/mol. The Hall–Kier alpha value is -1.61. The summed E-state index contributed by atoms with van der Waals surface area (Å²) in [5, 5.41) is 12.6. The molecule has 1 atom stereocenters. The summed E-state index contributed by atoms with van der Waals surface area (Å²) in [4.78, 5) is 11.8. The first-order chi connectivity index (χ1) is 8.75. The maximum atomic E-state index is 11.8. The molecule has 96 valence electrons. The fourth-order valence-corrected chi connectivity index (χ4v) is 2.18. The van der Waals surface area contributed by atoms with E-state index in [1.54, 1.807) is 0 Å². The summed E-state index contributed by atoms with van der Waals surface area (Å²) in [6, 6.07) is 9.21. The van der Waals surface area contributed by atoms with E-state index in [-0.39, 0.29) is 5.91 Å². The summed E-state index contributed by atoms with van der Waals surface area (Å²) >= 11 is 0. The number of allylic oxidation sites excluding steroid dienone is 1. The Morgan fingerprint density at radius 2 is 2.06 bits per heavy atom. The number of hydrogen-bond donors (Lipinski definition) is 2. The molecule has 0 aliphatic heterocycles. The first-order valence-electron chi connectivity index (χ1n) is 6.47. The number of hydrogen-bond acceptors (Lipinski definition) is 2. The van der Waals surface area contributed by atoms with E-state index in [4.69, 9.17) is 0 Å². The lowest BCUT2D eigenvalue weighted by Gasteiger charge is -2.16. The zero-order chi connectivity index (χ0) is 12.8. The summed E-state index contributed by atoms with van der Waals surface area (Å²) in [6.45, 7) is 0. The molecule has 18 heavy (non-hydrogen) atoms. The van der Waals surface area contributed by atoms with Crippen molar-refractivity contribution in [2.24, 2.45) is 0 Å². The van der Waals surface area contributed by atoms with E-state index in [1.165, 1.54) is 18.4 Å². The van der Waals surface area contributed by atoms with Gasteiger partial charge in [-0.3, -0.25) is 4.79 Å². The molecule has 0 unspecified atom stereocenters. The minimum Gasteiger partial charge on any atom is -0.383 e. The third-order valence-electron chi connectivity index (χ3n) is 3.18. The molecule has 3 heteroatoms. The number of nitrogens with one attached hydrogen (secondary N) is 1. The first kappa shape index (κ1) is 12.8. The van der Waals surface area contributed by atoms with Crippen molar-refractivity contribution in [1.82, 2.24) is 0 Å². The normalized spacial score (nSPS) is 16.8. The monoisotopic (exact) mass is 245 g/mol. The molecule has 0 heterocycles. The number of anilines is 1. The second-order valence-corrected chi connectivity index (χ2v) is 4.68. The Balaban J connectivity index is 1.87. The van der Waals surface area contributed by atoms with E-state index >= 15 is 0 Å². The highest BCUT2D eigenvalue weighted by molar-refractivity contribution is 5.94. The van der Waals surface area contributed by atoms with Crippen molar-refractivity contribution in [3.8, 4) is 0 Å². The van der Waals surface area contributed by atoms with Crippen molar-refractivity contribution < 1.29 is 9.90 Å². The lowest BCUT2D eigenvalue weighted by molar-refractivity contribution is -0.123. The van der Waals surface area contributed by atoms with Crippen LogP contribution in [0.5, 0.6) is 0 Å². The molecule has 1 aliphatic rings. The maximum Gasteiger partial charge on any atom is 0.253 e. The average Bonchev–Trinajstić information content (AvgIpc) is 2.41. The third kappa shape index (κ3) is 3.70. The van der Waals surface area contributed by atoms with E-state index in [1.807, 2.05) is 30.3 Å². The van der Waals surface area contributed by atoms with Gasteiger partial charge in [-0.15, -0.1) is 0 Å². The lowest BCUT2D eigenvalue weighted by atomic mass is 9.95. The molecule has 1 aliphatic carbocycles. The van der Waals surface area contributed by atoms with Crippen LogP contribution in [0.3, 0.4) is 0 Å². The van der Waals surface area contributed by atoms with Gasteiger partial charge < -0.3 is 10.4 Å². The SMILES string of the molecule is O=C(Nc1ccccc1)[C@@H](O)CC1=CCCCC1. The van der Waals surface area contributed by atoms with Gasteiger partial charge in [0.25, 0.3) is 5.91 Å². The number of aliphatic hydroxyl groups is 1. The van der Waals surface area contributed by atoms with Crippen molar-refractivity contribution >= 4 is 11.6 Å². The fraction of sp³-hybridized carbons (Fsp3) is 0.400. The van der Waals surface area contributed by atoms with Crippen LogP contribution in [0, 0.1) is 0 Å². The quantitative estimate of drug-likeness (QED) is 0.801. The fourth-order valence-electron chi connectivity index (χ4n) is 2.18. The highest BCUT2D eigenvalue weighted by Gasteiger charge is 2.17. The summed E-state index contributed by atoms with van der Waals surface area (Å²) in [7, 11) is 0. The smallest absolute Gasteiger partial charge is 0.253 e. The van der Waals surface area contributed by atoms with Crippen LogP contribution in [-0.4, -0.2) is 17.1 Å². The van der Waals surface area contributed by atoms with E-state index in [0.29, 0.717) is 6.42 Å². The van der Waals surface area contributed by atoms with Gasteiger partial charge in [-0.2, -0.15) is 0 Å². The van der Waals surface area contributed by atoms with Crippen LogP contribution in [0.1, 0.15) is 32.1 Å². The predicted octanol–water partition coefficient (Wildman–Crippen LogP) is 2.88. The molecule has 1 aromatic carbocycles. The predicted molar refractivity (Wildman–Crippen MR) is 72.2 cm³/mol. The molecule has 3 nitrogen and oxygen atoms in total. The number of amides is 1. The maximum absolute atomic E-state index is 11.8. The molecule has 1 amide bonds. The summed E-state index contributed by atoms with van der Waals surface area (Å²) in [5.41, 5.74) is 1.93. The second-order valence-electron chi connectivity index (χ2n) is 4.68. The van der Waals surface area contributed by atoms with E-state index in [2.05, 4.69) is 11.4 Å². The van der Waals surface area contributed by atoms with Crippen molar-refractivity contribution in [3.05, 3.63) is 42.0 Å². The highest BCUT2D eigenvalue weighted by atomic mass is 16.3. The van der Waals surface area contributed by atoms with Crippen LogP contribution in [-0.2, 0) is 4.79 Å². The Morgan fingerprint density at radius 3 is 2.72 bits per heavy atom. The van der Waals surface area contributed by atoms with Crippen LogP contribution in [0.4, 0.5) is 5.69 Å². The van der Waals surface area contributed by atoms with Gasteiger partial charge >= 0.3 is 0 Å². The van der Waals surface area contributed by atoms with E-state index in [0.717, 1.165) is 18.5 Å². The van der Waals surface area contributed by atoms with Crippen molar-refractivity contribution in [2.75, 3.05) is 5.32 Å². The summed E-state index contributed by atoms with van der Waals surface area (Å²) in [5.74, 6) is -0.326. The number of benzene rings is 1. The minimum absolute atomic E-state index is 0.326. The molecule has 0 radical (unpaired) electrons. The Kier molecular flexibility index (Phi) is 4.53. The third-order valence-corrected chi connectivity index (χ3v) is 3.18. The second kappa shape index (κ2) is 6.36. The van der Waals surface area contributed by atoms with Gasteiger partial charge in [-0.05, 0) is 37.8 Å². The van der Waals surface area contributed by atoms with Crippen LogP contribution < -0.4 is 5.32 Å². The number of aliphatic hydroxyl groups excluding tert-OH is 1. The highest BCUT2D eigenvalue weighted by Crippen LogP contribution is 2.21.